The minimum Gasteiger partial charge on any atom is -0.377 e. The zero-order valence-corrected chi connectivity index (χ0v) is 15.2. The maximum atomic E-state index is 6.20. The van der Waals surface area contributed by atoms with Crippen molar-refractivity contribution in [2.75, 3.05) is 11.9 Å². The minimum absolute atomic E-state index is 0.113. The van der Waals surface area contributed by atoms with Crippen molar-refractivity contribution in [3.05, 3.63) is 63.2 Å². The lowest BCUT2D eigenvalue weighted by molar-refractivity contribution is 0.0830. The Kier molecular flexibility index (Phi) is 3.40. The van der Waals surface area contributed by atoms with E-state index in [9.17, 15) is 0 Å². The second kappa shape index (κ2) is 5.51. The molecule has 1 saturated heterocycles. The molecule has 2 aromatic carbocycles. The average molecular weight is 404 g/mol. The lowest BCUT2D eigenvalue weighted by Gasteiger charge is -2.36. The first kappa shape index (κ1) is 14.8. The van der Waals surface area contributed by atoms with Crippen molar-refractivity contribution < 1.29 is 4.74 Å². The molecule has 3 atom stereocenters. The fourth-order valence-corrected chi connectivity index (χ4v) is 4.66. The van der Waals surface area contributed by atoms with Crippen LogP contribution in [0.1, 0.15) is 29.7 Å². The van der Waals surface area contributed by atoms with Gasteiger partial charge >= 0.3 is 0 Å². The minimum atomic E-state index is 0.113. The molecule has 1 aromatic heterocycles. The first-order chi connectivity index (χ1) is 11.7. The van der Waals surface area contributed by atoms with Crippen molar-refractivity contribution in [1.82, 2.24) is 4.98 Å². The highest BCUT2D eigenvalue weighted by Gasteiger charge is 2.42. The largest absolute Gasteiger partial charge is 0.377 e. The summed E-state index contributed by atoms with van der Waals surface area (Å²) in [7, 11) is 0. The van der Waals surface area contributed by atoms with Crippen LogP contribution in [0.25, 0.3) is 10.9 Å². The van der Waals surface area contributed by atoms with Gasteiger partial charge < -0.3 is 15.0 Å². The molecule has 2 N–H and O–H groups in total. The smallest absolute Gasteiger partial charge is 0.0897 e. The first-order valence-corrected chi connectivity index (χ1v) is 9.32. The number of H-pyrrole nitrogens is 1. The van der Waals surface area contributed by atoms with Crippen molar-refractivity contribution in [2.45, 2.75) is 18.6 Å². The normalized spacial score (nSPS) is 25.3. The van der Waals surface area contributed by atoms with Crippen molar-refractivity contribution in [1.29, 1.82) is 0 Å². The zero-order valence-electron chi connectivity index (χ0n) is 12.9. The summed E-state index contributed by atoms with van der Waals surface area (Å²) in [4.78, 5) is 3.40. The molecule has 5 rings (SSSR count). The Morgan fingerprint density at radius 2 is 2.04 bits per heavy atom. The van der Waals surface area contributed by atoms with Gasteiger partial charge in [-0.15, -0.1) is 0 Å². The number of hydrogen-bond donors (Lipinski definition) is 2. The van der Waals surface area contributed by atoms with Crippen LogP contribution < -0.4 is 5.32 Å². The molecule has 2 aliphatic rings. The lowest BCUT2D eigenvalue weighted by atomic mass is 9.81. The Morgan fingerprint density at radius 1 is 1.12 bits per heavy atom. The van der Waals surface area contributed by atoms with E-state index in [0.29, 0.717) is 5.92 Å². The molecule has 0 saturated carbocycles. The molecule has 122 valence electrons. The van der Waals surface area contributed by atoms with Crippen LogP contribution in [0.5, 0.6) is 0 Å². The van der Waals surface area contributed by atoms with Gasteiger partial charge in [-0.25, -0.2) is 0 Å². The van der Waals surface area contributed by atoms with Gasteiger partial charge in [0.15, 0.2) is 0 Å². The van der Waals surface area contributed by atoms with Gasteiger partial charge in [0.1, 0.15) is 0 Å². The fraction of sp³-hybridized carbons (Fsp3) is 0.263. The number of hydrogen-bond acceptors (Lipinski definition) is 2. The van der Waals surface area contributed by atoms with Gasteiger partial charge in [-0.3, -0.25) is 0 Å². The third kappa shape index (κ3) is 2.20. The summed E-state index contributed by atoms with van der Waals surface area (Å²) in [5, 5.41) is 5.75. The van der Waals surface area contributed by atoms with Gasteiger partial charge in [0.25, 0.3) is 0 Å². The number of nitrogens with one attached hydrogen (secondary N) is 2. The predicted octanol–water partition coefficient (Wildman–Crippen LogP) is 5.83. The lowest BCUT2D eigenvalue weighted by Crippen LogP contribution is -2.29. The molecule has 5 heteroatoms. The van der Waals surface area contributed by atoms with Crippen molar-refractivity contribution in [3.8, 4) is 0 Å². The summed E-state index contributed by atoms with van der Waals surface area (Å²) >= 11 is 9.80. The van der Waals surface area contributed by atoms with E-state index < -0.39 is 0 Å². The van der Waals surface area contributed by atoms with E-state index >= 15 is 0 Å². The van der Waals surface area contributed by atoms with E-state index in [1.54, 1.807) is 0 Å². The number of aromatic amines is 1. The van der Waals surface area contributed by atoms with Crippen LogP contribution in [-0.4, -0.2) is 11.6 Å². The number of aromatic nitrogens is 1. The summed E-state index contributed by atoms with van der Waals surface area (Å²) < 4.78 is 7.18. The molecule has 3 nitrogen and oxygen atoms in total. The molecule has 0 radical (unpaired) electrons. The summed E-state index contributed by atoms with van der Waals surface area (Å²) in [5.41, 5.74) is 4.76. The SMILES string of the molecule is Clc1ccc2c(c1)[C@H]1OCC[C@H]1[C@@H](c1c[nH]c3ccc(Br)cc13)N2. The van der Waals surface area contributed by atoms with E-state index in [-0.39, 0.29) is 12.1 Å². The van der Waals surface area contributed by atoms with Crippen LogP contribution in [0, 0.1) is 5.92 Å². The Labute approximate surface area is 153 Å². The molecule has 0 bridgehead atoms. The summed E-state index contributed by atoms with van der Waals surface area (Å²) in [5.74, 6) is 0.411. The molecule has 2 aliphatic heterocycles. The van der Waals surface area contributed by atoms with Gasteiger partial charge in [0.05, 0.1) is 12.1 Å². The predicted molar refractivity (Wildman–Crippen MR) is 101 cm³/mol. The summed E-state index contributed by atoms with van der Waals surface area (Å²) in [6.07, 6.45) is 3.29. The zero-order chi connectivity index (χ0) is 16.3. The molecule has 3 aromatic rings. The number of anilines is 1. The van der Waals surface area contributed by atoms with Crippen LogP contribution in [0.2, 0.25) is 5.02 Å². The highest BCUT2D eigenvalue weighted by atomic mass is 79.9. The fourth-order valence-electron chi connectivity index (χ4n) is 4.12. The number of fused-ring (bicyclic) bond motifs is 4. The molecule has 0 amide bonds. The molecular formula is C19H16BrClN2O. The van der Waals surface area contributed by atoms with Gasteiger partial charge in [-0.05, 0) is 42.8 Å². The van der Waals surface area contributed by atoms with Crippen molar-refractivity contribution in [2.24, 2.45) is 5.92 Å². The molecule has 24 heavy (non-hydrogen) atoms. The maximum absolute atomic E-state index is 6.20. The Hall–Kier alpha value is -1.49. The number of ether oxygens (including phenoxy) is 1. The van der Waals surface area contributed by atoms with Crippen LogP contribution in [0.4, 0.5) is 5.69 Å². The summed E-state index contributed by atoms with van der Waals surface area (Å²) in [6, 6.07) is 12.6. The second-order valence-corrected chi connectivity index (χ2v) is 7.88. The maximum Gasteiger partial charge on any atom is 0.0897 e. The van der Waals surface area contributed by atoms with Crippen LogP contribution in [-0.2, 0) is 4.74 Å². The Balaban J connectivity index is 1.65. The monoisotopic (exact) mass is 402 g/mol. The standard InChI is InChI=1S/C19H16BrClN2O/c20-10-1-3-16-13(7-10)15(9-22-16)18-12-5-6-24-19(12)14-8-11(21)2-4-17(14)23-18/h1-4,7-9,12,18-19,22-23H,5-6H2/t12-,18-,19-/m0/s1. The third-order valence-corrected chi connectivity index (χ3v) is 5.94. The van der Waals surface area contributed by atoms with Gasteiger partial charge in [-0.2, -0.15) is 0 Å². The molecular weight excluding hydrogens is 388 g/mol. The molecule has 3 heterocycles. The van der Waals surface area contributed by atoms with Gasteiger partial charge in [0, 0.05) is 55.9 Å². The van der Waals surface area contributed by atoms with Crippen molar-refractivity contribution >= 4 is 44.1 Å². The Bertz CT molecular complexity index is 938. The third-order valence-electron chi connectivity index (χ3n) is 5.21. The number of benzene rings is 2. The van der Waals surface area contributed by atoms with Gasteiger partial charge in [0.2, 0.25) is 0 Å². The van der Waals surface area contributed by atoms with Gasteiger partial charge in [-0.1, -0.05) is 27.5 Å². The van der Waals surface area contributed by atoms with Crippen LogP contribution >= 0.6 is 27.5 Å². The first-order valence-electron chi connectivity index (χ1n) is 8.15. The quantitative estimate of drug-likeness (QED) is 0.536. The average Bonchev–Trinajstić information content (AvgIpc) is 3.21. The molecule has 0 unspecified atom stereocenters. The van der Waals surface area contributed by atoms with E-state index in [4.69, 9.17) is 16.3 Å². The highest BCUT2D eigenvalue weighted by molar-refractivity contribution is 9.10. The molecule has 1 fully saturated rings. The molecule has 0 aliphatic carbocycles. The molecule has 0 spiro atoms. The van der Waals surface area contributed by atoms with E-state index in [1.807, 2.05) is 12.1 Å². The van der Waals surface area contributed by atoms with Crippen LogP contribution in [0.15, 0.2) is 47.1 Å². The Morgan fingerprint density at radius 3 is 2.96 bits per heavy atom. The van der Waals surface area contributed by atoms with E-state index in [2.05, 4.69) is 56.7 Å². The second-order valence-electron chi connectivity index (χ2n) is 6.53. The summed E-state index contributed by atoms with van der Waals surface area (Å²) in [6.45, 7) is 0.797. The number of halogens is 2. The van der Waals surface area contributed by atoms with E-state index in [1.165, 1.54) is 16.5 Å². The highest BCUT2D eigenvalue weighted by Crippen LogP contribution is 2.51. The topological polar surface area (TPSA) is 37.0 Å². The van der Waals surface area contributed by atoms with Crippen molar-refractivity contribution in [3.63, 3.8) is 0 Å². The van der Waals surface area contributed by atoms with E-state index in [0.717, 1.165) is 33.7 Å². The van der Waals surface area contributed by atoms with Crippen LogP contribution in [0.3, 0.4) is 0 Å². The number of rotatable bonds is 1.